The number of methoxy groups -OCH3 is 2. The molecule has 9 nitrogen and oxygen atoms in total. The van der Waals surface area contributed by atoms with Crippen LogP contribution in [0.1, 0.15) is 34.7 Å². The van der Waals surface area contributed by atoms with Crippen molar-refractivity contribution in [3.05, 3.63) is 105 Å². The van der Waals surface area contributed by atoms with Gasteiger partial charge in [0.2, 0.25) is 0 Å². The van der Waals surface area contributed by atoms with Crippen LogP contribution in [0, 0.1) is 24.0 Å². The van der Waals surface area contributed by atoms with Crippen molar-refractivity contribution >= 4 is 40.3 Å². The molecule has 0 amide bonds. The van der Waals surface area contributed by atoms with Crippen LogP contribution in [0.15, 0.2) is 66.9 Å². The molecule has 11 heteroatoms. The van der Waals surface area contributed by atoms with E-state index in [1.807, 2.05) is 59.7 Å². The van der Waals surface area contributed by atoms with E-state index in [9.17, 15) is 10.1 Å². The Morgan fingerprint density at radius 2 is 1.87 bits per heavy atom. The molecule has 0 saturated carbocycles. The lowest BCUT2D eigenvalue weighted by molar-refractivity contribution is -0.384. The summed E-state index contributed by atoms with van der Waals surface area (Å²) in [5.74, 6) is 0.970. The first-order valence-corrected chi connectivity index (χ1v) is 12.9. The predicted molar refractivity (Wildman–Crippen MR) is 154 cm³/mol. The normalized spacial score (nSPS) is 16.7. The van der Waals surface area contributed by atoms with E-state index in [0.717, 1.165) is 28.3 Å². The van der Waals surface area contributed by atoms with Gasteiger partial charge in [-0.15, -0.1) is 0 Å². The molecule has 200 valence electrons. The van der Waals surface area contributed by atoms with Gasteiger partial charge in [-0.25, -0.2) is 0 Å². The summed E-state index contributed by atoms with van der Waals surface area (Å²) >= 11 is 12.4. The third-order valence-corrected chi connectivity index (χ3v) is 7.53. The highest BCUT2D eigenvalue weighted by atomic mass is 35.5. The van der Waals surface area contributed by atoms with E-state index >= 15 is 0 Å². The molecule has 2 atom stereocenters. The van der Waals surface area contributed by atoms with Crippen LogP contribution in [-0.4, -0.2) is 33.8 Å². The van der Waals surface area contributed by atoms with Crippen LogP contribution in [0.4, 0.5) is 11.4 Å². The summed E-state index contributed by atoms with van der Waals surface area (Å²) in [5.41, 5.74) is 4.59. The third kappa shape index (κ3) is 4.66. The van der Waals surface area contributed by atoms with Gasteiger partial charge in [0.05, 0.1) is 48.0 Å². The van der Waals surface area contributed by atoms with E-state index in [1.54, 1.807) is 31.5 Å². The molecule has 0 bridgehead atoms. The number of rotatable bonds is 7. The van der Waals surface area contributed by atoms with Crippen LogP contribution >= 0.6 is 23.8 Å². The Hall–Kier alpha value is -4.15. The molecule has 0 aliphatic carbocycles. The van der Waals surface area contributed by atoms with Gasteiger partial charge >= 0.3 is 0 Å². The van der Waals surface area contributed by atoms with Gasteiger partial charge in [-0.1, -0.05) is 17.7 Å². The lowest BCUT2D eigenvalue weighted by atomic mass is 9.96. The first-order chi connectivity index (χ1) is 18.7. The average Bonchev–Trinajstić information content (AvgIpc) is 3.43. The van der Waals surface area contributed by atoms with Gasteiger partial charge in [0.1, 0.15) is 17.2 Å². The fraction of sp³-hybridized carbons (Fsp3) is 0.214. The third-order valence-electron chi connectivity index (χ3n) is 6.92. The number of anilines is 1. The highest BCUT2D eigenvalue weighted by Crippen LogP contribution is 2.45. The number of aromatic nitrogens is 2. The highest BCUT2D eigenvalue weighted by Gasteiger charge is 2.42. The number of nitrogens with zero attached hydrogens (tertiary/aromatic N) is 4. The van der Waals surface area contributed by atoms with Gasteiger partial charge in [0.25, 0.3) is 5.69 Å². The molecule has 1 saturated heterocycles. The maximum absolute atomic E-state index is 12.0. The molecule has 3 heterocycles. The molecule has 0 unspecified atom stereocenters. The summed E-state index contributed by atoms with van der Waals surface area (Å²) in [4.78, 5) is 18.2. The summed E-state index contributed by atoms with van der Waals surface area (Å²) in [6.07, 6.45) is 1.74. The molecule has 0 spiro atoms. The van der Waals surface area contributed by atoms with Crippen molar-refractivity contribution in [1.82, 2.24) is 14.9 Å². The van der Waals surface area contributed by atoms with Gasteiger partial charge in [-0.2, -0.15) is 0 Å². The number of thiocarbonyl (C=S) groups is 1. The molecule has 4 aromatic rings. The molecule has 39 heavy (non-hydrogen) atoms. The highest BCUT2D eigenvalue weighted by molar-refractivity contribution is 7.80. The van der Waals surface area contributed by atoms with Gasteiger partial charge in [-0.05, 0) is 80.2 Å². The zero-order valence-electron chi connectivity index (χ0n) is 21.7. The maximum atomic E-state index is 12.0. The zero-order valence-corrected chi connectivity index (χ0v) is 23.3. The molecule has 0 radical (unpaired) electrons. The Morgan fingerprint density at radius 3 is 2.51 bits per heavy atom. The number of nitro groups is 1. The summed E-state index contributed by atoms with van der Waals surface area (Å²) in [5, 5.41) is 16.4. The largest absolute Gasteiger partial charge is 0.496 e. The number of benzene rings is 2. The molecular formula is C28H26ClN5O4S. The van der Waals surface area contributed by atoms with Gasteiger partial charge in [-0.3, -0.25) is 15.1 Å². The quantitative estimate of drug-likeness (QED) is 0.160. The molecule has 1 N–H and O–H groups in total. The number of pyridine rings is 1. The average molecular weight is 564 g/mol. The van der Waals surface area contributed by atoms with E-state index in [2.05, 4.69) is 10.3 Å². The number of hydrogen-bond acceptors (Lipinski definition) is 6. The van der Waals surface area contributed by atoms with Crippen LogP contribution in [0.2, 0.25) is 5.02 Å². The monoisotopic (exact) mass is 563 g/mol. The number of aryl methyl sites for hydroxylation is 1. The molecule has 2 aromatic carbocycles. The first kappa shape index (κ1) is 26.5. The van der Waals surface area contributed by atoms with Gasteiger partial charge in [0.15, 0.2) is 5.11 Å². The van der Waals surface area contributed by atoms with Crippen molar-refractivity contribution in [2.75, 3.05) is 19.1 Å². The van der Waals surface area contributed by atoms with Gasteiger partial charge in [0, 0.05) is 23.3 Å². The molecule has 1 aliphatic heterocycles. The number of nitro benzene ring substituents is 1. The van der Waals surface area contributed by atoms with E-state index in [-0.39, 0.29) is 17.8 Å². The van der Waals surface area contributed by atoms with Crippen LogP contribution < -0.4 is 19.7 Å². The van der Waals surface area contributed by atoms with Crippen molar-refractivity contribution in [2.24, 2.45) is 0 Å². The number of nitrogens with one attached hydrogen (secondary N) is 1. The Kier molecular flexibility index (Phi) is 7.16. The SMILES string of the molecule is COc1ccc(-n2c(C)cc([C@H]3[C@@H](c4ccccn4)NC(=S)N3c3ccc(OC)c(Cl)c3)c2C)c([N+](=O)[O-])c1. The van der Waals surface area contributed by atoms with Crippen molar-refractivity contribution < 1.29 is 14.4 Å². The molecule has 1 aliphatic rings. The van der Waals surface area contributed by atoms with Crippen molar-refractivity contribution in [2.45, 2.75) is 25.9 Å². The van der Waals surface area contributed by atoms with E-state index in [0.29, 0.717) is 27.3 Å². The summed E-state index contributed by atoms with van der Waals surface area (Å²) < 4.78 is 12.5. The van der Waals surface area contributed by atoms with Crippen LogP contribution in [-0.2, 0) is 0 Å². The predicted octanol–water partition coefficient (Wildman–Crippen LogP) is 6.25. The molecule has 1 fully saturated rings. The standard InChI is InChI=1S/C28H26ClN5O4S/c1-16-13-20(17(2)32(16)23-10-9-19(37-3)15-24(23)34(35)36)27-26(22-7-5-6-12-30-22)31-28(39)33(27)18-8-11-25(38-4)21(29)14-18/h5-15,26-27H,1-4H3,(H,31,39)/t26-,27+/m1/s1. The smallest absolute Gasteiger partial charge is 0.296 e. The minimum absolute atomic E-state index is 0.0529. The Balaban J connectivity index is 1.70. The fourth-order valence-electron chi connectivity index (χ4n) is 5.18. The number of hydrogen-bond donors (Lipinski definition) is 1. The summed E-state index contributed by atoms with van der Waals surface area (Å²) in [6.45, 7) is 3.88. The Bertz CT molecular complexity index is 1580. The molecular weight excluding hydrogens is 538 g/mol. The molecule has 5 rings (SSSR count). The van der Waals surface area contributed by atoms with E-state index in [1.165, 1.54) is 13.2 Å². The Morgan fingerprint density at radius 1 is 1.08 bits per heavy atom. The number of ether oxygens (including phenoxy) is 2. The molecule has 2 aromatic heterocycles. The maximum Gasteiger partial charge on any atom is 0.296 e. The second-order valence-corrected chi connectivity index (χ2v) is 9.88. The minimum Gasteiger partial charge on any atom is -0.496 e. The van der Waals surface area contributed by atoms with Crippen LogP contribution in [0.5, 0.6) is 11.5 Å². The van der Waals surface area contributed by atoms with Crippen molar-refractivity contribution in [3.63, 3.8) is 0 Å². The van der Waals surface area contributed by atoms with Crippen LogP contribution in [0.3, 0.4) is 0 Å². The van der Waals surface area contributed by atoms with Crippen LogP contribution in [0.25, 0.3) is 5.69 Å². The Labute approximate surface area is 236 Å². The summed E-state index contributed by atoms with van der Waals surface area (Å²) in [6, 6.07) is 17.5. The first-order valence-electron chi connectivity index (χ1n) is 12.1. The summed E-state index contributed by atoms with van der Waals surface area (Å²) in [7, 11) is 3.05. The zero-order chi connectivity index (χ0) is 27.8. The number of halogens is 1. The second-order valence-electron chi connectivity index (χ2n) is 9.09. The lowest BCUT2D eigenvalue weighted by Crippen LogP contribution is -2.29. The van der Waals surface area contributed by atoms with Gasteiger partial charge < -0.3 is 24.3 Å². The fourth-order valence-corrected chi connectivity index (χ4v) is 5.78. The van der Waals surface area contributed by atoms with Crippen molar-refractivity contribution in [3.8, 4) is 17.2 Å². The van der Waals surface area contributed by atoms with E-state index in [4.69, 9.17) is 33.3 Å². The minimum atomic E-state index is -0.398. The van der Waals surface area contributed by atoms with E-state index < -0.39 is 4.92 Å². The van der Waals surface area contributed by atoms with Crippen molar-refractivity contribution in [1.29, 1.82) is 0 Å². The lowest BCUT2D eigenvalue weighted by Gasteiger charge is -2.28. The second kappa shape index (κ2) is 10.5. The topological polar surface area (TPSA) is 94.7 Å².